The number of unbranched alkanes of at least 4 members (excludes halogenated alkanes) is 6. The van der Waals surface area contributed by atoms with E-state index in [1.54, 1.807) is 0 Å². The number of hydrogen-bond donors (Lipinski definition) is 1. The first kappa shape index (κ1) is 18.0. The Labute approximate surface area is 127 Å². The molecule has 0 radical (unpaired) electrons. The van der Waals surface area contributed by atoms with E-state index in [1.165, 1.54) is 90.4 Å². The van der Waals surface area contributed by atoms with Crippen LogP contribution in [0.5, 0.6) is 0 Å². The van der Waals surface area contributed by atoms with Gasteiger partial charge in [-0.2, -0.15) is 0 Å². The van der Waals surface area contributed by atoms with Gasteiger partial charge in [-0.25, -0.2) is 0 Å². The molecule has 2 nitrogen and oxygen atoms in total. The lowest BCUT2D eigenvalue weighted by Gasteiger charge is -2.44. The van der Waals surface area contributed by atoms with Crippen molar-refractivity contribution in [3.8, 4) is 0 Å². The zero-order valence-corrected chi connectivity index (χ0v) is 14.3. The second kappa shape index (κ2) is 10.6. The predicted octanol–water partition coefficient (Wildman–Crippen LogP) is 4.59. The van der Waals surface area contributed by atoms with Crippen molar-refractivity contribution in [3.63, 3.8) is 0 Å². The Morgan fingerprint density at radius 1 is 0.800 bits per heavy atom. The SMILES string of the molecule is CCCCCCCC(C)(CCCCC)N1CCNCC1. The van der Waals surface area contributed by atoms with Gasteiger partial charge in [0.1, 0.15) is 0 Å². The van der Waals surface area contributed by atoms with Crippen molar-refractivity contribution in [2.45, 2.75) is 90.5 Å². The molecule has 0 aliphatic carbocycles. The summed E-state index contributed by atoms with van der Waals surface area (Å²) in [5, 5.41) is 3.50. The minimum Gasteiger partial charge on any atom is -0.314 e. The van der Waals surface area contributed by atoms with Gasteiger partial charge in [0, 0.05) is 31.7 Å². The van der Waals surface area contributed by atoms with Gasteiger partial charge in [-0.15, -0.1) is 0 Å². The highest BCUT2D eigenvalue weighted by molar-refractivity contribution is 4.88. The van der Waals surface area contributed by atoms with Crippen molar-refractivity contribution in [1.29, 1.82) is 0 Å². The topological polar surface area (TPSA) is 15.3 Å². The third-order valence-corrected chi connectivity index (χ3v) is 5.02. The van der Waals surface area contributed by atoms with Gasteiger partial charge in [-0.05, 0) is 19.8 Å². The van der Waals surface area contributed by atoms with E-state index in [0.717, 1.165) is 0 Å². The molecule has 0 aromatic carbocycles. The third-order valence-electron chi connectivity index (χ3n) is 5.02. The van der Waals surface area contributed by atoms with E-state index >= 15 is 0 Å². The Bertz CT molecular complexity index is 223. The molecule has 1 aliphatic rings. The van der Waals surface area contributed by atoms with Crippen molar-refractivity contribution >= 4 is 0 Å². The molecule has 1 unspecified atom stereocenters. The van der Waals surface area contributed by atoms with Crippen LogP contribution in [0, 0.1) is 0 Å². The van der Waals surface area contributed by atoms with Crippen LogP contribution in [-0.2, 0) is 0 Å². The lowest BCUT2D eigenvalue weighted by molar-refractivity contribution is 0.0673. The van der Waals surface area contributed by atoms with Crippen LogP contribution in [-0.4, -0.2) is 36.6 Å². The summed E-state index contributed by atoms with van der Waals surface area (Å²) in [5.41, 5.74) is 0.462. The summed E-state index contributed by atoms with van der Waals surface area (Å²) in [5.74, 6) is 0. The first-order valence-corrected chi connectivity index (χ1v) is 9.18. The van der Waals surface area contributed by atoms with Crippen molar-refractivity contribution in [2.75, 3.05) is 26.2 Å². The van der Waals surface area contributed by atoms with Crippen molar-refractivity contribution in [2.24, 2.45) is 0 Å². The molecule has 0 aromatic rings. The van der Waals surface area contributed by atoms with Gasteiger partial charge in [0.15, 0.2) is 0 Å². The number of nitrogens with zero attached hydrogens (tertiary/aromatic N) is 1. The molecule has 1 heterocycles. The first-order valence-electron chi connectivity index (χ1n) is 9.18. The number of nitrogens with one attached hydrogen (secondary N) is 1. The normalized spacial score (nSPS) is 19.9. The second-order valence-electron chi connectivity index (χ2n) is 6.86. The average Bonchev–Trinajstić information content (AvgIpc) is 2.48. The molecule has 20 heavy (non-hydrogen) atoms. The van der Waals surface area contributed by atoms with Crippen LogP contribution in [0.2, 0.25) is 0 Å². The van der Waals surface area contributed by atoms with Crippen LogP contribution < -0.4 is 5.32 Å². The molecule has 0 amide bonds. The molecule has 1 aliphatic heterocycles. The van der Waals surface area contributed by atoms with Crippen LogP contribution >= 0.6 is 0 Å². The Balaban J connectivity index is 2.40. The third kappa shape index (κ3) is 6.58. The molecule has 0 bridgehead atoms. The molecule has 2 heteroatoms. The molecular weight excluding hydrogens is 244 g/mol. The maximum absolute atomic E-state index is 3.50. The molecule has 0 spiro atoms. The van der Waals surface area contributed by atoms with Crippen LogP contribution in [0.4, 0.5) is 0 Å². The predicted molar refractivity (Wildman–Crippen MR) is 90.4 cm³/mol. The van der Waals surface area contributed by atoms with E-state index < -0.39 is 0 Å². The molecule has 1 fully saturated rings. The van der Waals surface area contributed by atoms with Crippen LogP contribution in [0.1, 0.15) is 85.0 Å². The zero-order valence-electron chi connectivity index (χ0n) is 14.3. The Morgan fingerprint density at radius 3 is 1.90 bits per heavy atom. The molecule has 1 N–H and O–H groups in total. The van der Waals surface area contributed by atoms with Gasteiger partial charge in [0.2, 0.25) is 0 Å². The summed E-state index contributed by atoms with van der Waals surface area (Å²) in [6, 6.07) is 0. The summed E-state index contributed by atoms with van der Waals surface area (Å²) in [4.78, 5) is 2.78. The summed E-state index contributed by atoms with van der Waals surface area (Å²) in [6.45, 7) is 12.0. The fraction of sp³-hybridized carbons (Fsp3) is 1.00. The van der Waals surface area contributed by atoms with Crippen molar-refractivity contribution < 1.29 is 0 Å². The highest BCUT2D eigenvalue weighted by atomic mass is 15.2. The van der Waals surface area contributed by atoms with E-state index in [1.807, 2.05) is 0 Å². The molecule has 1 atom stereocenters. The fourth-order valence-electron chi connectivity index (χ4n) is 3.51. The quantitative estimate of drug-likeness (QED) is 0.558. The number of rotatable bonds is 11. The zero-order chi connectivity index (χ0) is 14.7. The smallest absolute Gasteiger partial charge is 0.0182 e. The molecule has 0 saturated carbocycles. The molecule has 1 saturated heterocycles. The maximum atomic E-state index is 3.50. The molecular formula is C18H38N2. The van der Waals surface area contributed by atoms with Gasteiger partial charge >= 0.3 is 0 Å². The Hall–Kier alpha value is -0.0800. The van der Waals surface area contributed by atoms with E-state index in [4.69, 9.17) is 0 Å². The van der Waals surface area contributed by atoms with Crippen molar-refractivity contribution in [1.82, 2.24) is 10.2 Å². The Morgan fingerprint density at radius 2 is 1.30 bits per heavy atom. The lowest BCUT2D eigenvalue weighted by Crippen LogP contribution is -2.54. The lowest BCUT2D eigenvalue weighted by atomic mass is 9.86. The fourth-order valence-corrected chi connectivity index (χ4v) is 3.51. The van der Waals surface area contributed by atoms with Crippen LogP contribution in [0.25, 0.3) is 0 Å². The molecule has 0 aromatic heterocycles. The van der Waals surface area contributed by atoms with Crippen LogP contribution in [0.3, 0.4) is 0 Å². The monoisotopic (exact) mass is 282 g/mol. The van der Waals surface area contributed by atoms with E-state index in [-0.39, 0.29) is 0 Å². The Kier molecular flexibility index (Phi) is 9.54. The average molecular weight is 283 g/mol. The van der Waals surface area contributed by atoms with Gasteiger partial charge < -0.3 is 5.32 Å². The van der Waals surface area contributed by atoms with E-state index in [0.29, 0.717) is 5.54 Å². The van der Waals surface area contributed by atoms with E-state index in [2.05, 4.69) is 31.0 Å². The summed E-state index contributed by atoms with van der Waals surface area (Å²) in [7, 11) is 0. The van der Waals surface area contributed by atoms with Gasteiger partial charge in [-0.3, -0.25) is 4.90 Å². The highest BCUT2D eigenvalue weighted by Crippen LogP contribution is 2.29. The summed E-state index contributed by atoms with van der Waals surface area (Å²) >= 11 is 0. The second-order valence-corrected chi connectivity index (χ2v) is 6.86. The maximum Gasteiger partial charge on any atom is 0.0182 e. The summed E-state index contributed by atoms with van der Waals surface area (Å²) in [6.07, 6.45) is 14.0. The minimum absolute atomic E-state index is 0.462. The first-order chi connectivity index (χ1) is 9.73. The van der Waals surface area contributed by atoms with Gasteiger partial charge in [0.25, 0.3) is 0 Å². The van der Waals surface area contributed by atoms with Gasteiger partial charge in [0.05, 0.1) is 0 Å². The minimum atomic E-state index is 0.462. The summed E-state index contributed by atoms with van der Waals surface area (Å²) < 4.78 is 0. The molecule has 1 rings (SSSR count). The highest BCUT2D eigenvalue weighted by Gasteiger charge is 2.31. The van der Waals surface area contributed by atoms with Gasteiger partial charge in [-0.1, -0.05) is 65.2 Å². The largest absolute Gasteiger partial charge is 0.314 e. The van der Waals surface area contributed by atoms with Crippen molar-refractivity contribution in [3.05, 3.63) is 0 Å². The van der Waals surface area contributed by atoms with Crippen LogP contribution in [0.15, 0.2) is 0 Å². The number of piperazine rings is 1. The molecule has 120 valence electrons. The standard InChI is InChI=1S/C18H38N2/c1-4-6-8-9-11-13-18(3,12-10-7-5-2)20-16-14-19-15-17-20/h19H,4-17H2,1-3H3. The number of hydrogen-bond acceptors (Lipinski definition) is 2. The van der Waals surface area contributed by atoms with E-state index in [9.17, 15) is 0 Å².